The number of para-hydroxylation sites is 1. The van der Waals surface area contributed by atoms with Gasteiger partial charge in [-0.3, -0.25) is 4.79 Å². The summed E-state index contributed by atoms with van der Waals surface area (Å²) in [5, 5.41) is 3.90. The normalized spacial score (nSPS) is 40.9. The molecule has 28 heavy (non-hydrogen) atoms. The van der Waals surface area contributed by atoms with Crippen molar-refractivity contribution < 1.29 is 9.53 Å². The molecule has 150 valence electrons. The molecule has 0 amide bonds. The molecule has 1 aromatic rings. The van der Waals surface area contributed by atoms with Gasteiger partial charge in [0.2, 0.25) is 0 Å². The van der Waals surface area contributed by atoms with Crippen molar-refractivity contribution in [3.63, 3.8) is 0 Å². The van der Waals surface area contributed by atoms with E-state index < -0.39 is 5.41 Å². The number of halogens is 1. The third-order valence-corrected chi connectivity index (χ3v) is 9.41. The Balaban J connectivity index is 1.68. The van der Waals surface area contributed by atoms with E-state index in [1.54, 1.807) is 12.7 Å². The molecule has 5 rings (SSSR count). The first-order valence-corrected chi connectivity index (χ1v) is 11.5. The Bertz CT molecular complexity index is 893. The minimum Gasteiger partial charge on any atom is -0.468 e. The molecule has 3 nitrogen and oxygen atoms in total. The highest BCUT2D eigenvalue weighted by Crippen LogP contribution is 2.66. The second kappa shape index (κ2) is 6.10. The van der Waals surface area contributed by atoms with Crippen molar-refractivity contribution in [2.45, 2.75) is 64.8 Å². The summed E-state index contributed by atoms with van der Waals surface area (Å²) in [5.41, 5.74) is 5.49. The average Bonchev–Trinajstić information content (AvgIpc) is 3.05. The molecule has 0 aromatic heterocycles. The van der Waals surface area contributed by atoms with Crippen LogP contribution < -0.4 is 5.32 Å². The smallest absolute Gasteiger partial charge is 0.315 e. The zero-order chi connectivity index (χ0) is 19.8. The second-order valence-electron chi connectivity index (χ2n) is 9.90. The maximum absolute atomic E-state index is 12.8. The van der Waals surface area contributed by atoms with Crippen LogP contribution in [-0.2, 0) is 9.53 Å². The third-order valence-electron chi connectivity index (χ3n) is 8.75. The Kier molecular flexibility index (Phi) is 4.08. The van der Waals surface area contributed by atoms with E-state index in [1.165, 1.54) is 34.1 Å². The molecular formula is C24H30BrNO2. The van der Waals surface area contributed by atoms with E-state index in [0.717, 1.165) is 19.3 Å². The average molecular weight is 444 g/mol. The number of nitrogens with one attached hydrogen (secondary N) is 1. The van der Waals surface area contributed by atoms with Crippen molar-refractivity contribution in [1.82, 2.24) is 0 Å². The third kappa shape index (κ3) is 2.24. The first kappa shape index (κ1) is 18.7. The van der Waals surface area contributed by atoms with Crippen LogP contribution in [0.15, 0.2) is 33.8 Å². The summed E-state index contributed by atoms with van der Waals surface area (Å²) in [6.45, 7) is 7.04. The fourth-order valence-corrected chi connectivity index (χ4v) is 7.54. The lowest BCUT2D eigenvalue weighted by atomic mass is 9.47. The largest absolute Gasteiger partial charge is 0.468 e. The maximum atomic E-state index is 12.8. The summed E-state index contributed by atoms with van der Waals surface area (Å²) in [6.07, 6.45) is 5.34. The summed E-state index contributed by atoms with van der Waals surface area (Å²) in [6, 6.07) is 7.07. The molecule has 1 heterocycles. The standard InChI is InChI=1S/C24H30BrNO2/c1-13-8-9-17-19-15(10-11-23(17,2)22(27)28-4)20-16(12-24(13,19)3)14-6-5-7-18(25)21(14)26-20/h5-7,13,15-16,20,26H,8-12H2,1-4H3/t13-,15-,16-,20-,23+,24+/m1/s1. The van der Waals surface area contributed by atoms with E-state index in [9.17, 15) is 4.79 Å². The molecule has 1 saturated carbocycles. The number of carbonyl (C=O) groups is 1. The lowest BCUT2D eigenvalue weighted by Gasteiger charge is -2.58. The molecule has 3 aliphatic carbocycles. The van der Waals surface area contributed by atoms with Gasteiger partial charge in [0.1, 0.15) is 0 Å². The maximum Gasteiger partial charge on any atom is 0.315 e. The molecule has 0 unspecified atom stereocenters. The monoisotopic (exact) mass is 443 g/mol. The van der Waals surface area contributed by atoms with Gasteiger partial charge in [0, 0.05) is 22.4 Å². The van der Waals surface area contributed by atoms with Crippen molar-refractivity contribution in [3.05, 3.63) is 39.4 Å². The van der Waals surface area contributed by atoms with Gasteiger partial charge in [-0.15, -0.1) is 0 Å². The molecule has 6 atom stereocenters. The molecule has 0 bridgehead atoms. The number of methoxy groups -OCH3 is 1. The summed E-state index contributed by atoms with van der Waals surface area (Å²) < 4.78 is 6.45. The van der Waals surface area contributed by atoms with E-state index in [0.29, 0.717) is 23.8 Å². The van der Waals surface area contributed by atoms with Gasteiger partial charge in [0.05, 0.1) is 18.2 Å². The highest BCUT2D eigenvalue weighted by Gasteiger charge is 2.59. The molecule has 4 heteroatoms. The Morgan fingerprint density at radius 1 is 1.25 bits per heavy atom. The summed E-state index contributed by atoms with van der Waals surface area (Å²) in [4.78, 5) is 12.8. The first-order chi connectivity index (χ1) is 13.3. The van der Waals surface area contributed by atoms with Gasteiger partial charge in [-0.1, -0.05) is 37.1 Å². The molecule has 0 radical (unpaired) electrons. The van der Waals surface area contributed by atoms with Gasteiger partial charge < -0.3 is 10.1 Å². The molecule has 1 aromatic carbocycles. The number of esters is 1. The van der Waals surface area contributed by atoms with Crippen LogP contribution in [0.4, 0.5) is 5.69 Å². The second-order valence-corrected chi connectivity index (χ2v) is 10.8. The van der Waals surface area contributed by atoms with Crippen LogP contribution in [0.5, 0.6) is 0 Å². The quantitative estimate of drug-likeness (QED) is 0.423. The SMILES string of the molecule is COC(=O)[C@@]1(C)CC[C@@H]2C3=C1CC[C@@H](C)[C@]3(C)C[C@@H]1c3cccc(Br)c3N[C@H]21. The zero-order valence-corrected chi connectivity index (χ0v) is 18.9. The molecule has 0 saturated heterocycles. The number of carbonyl (C=O) groups excluding carboxylic acids is 1. The van der Waals surface area contributed by atoms with Gasteiger partial charge in [0.25, 0.3) is 0 Å². The minimum atomic E-state index is -0.444. The topological polar surface area (TPSA) is 38.3 Å². The highest BCUT2D eigenvalue weighted by molar-refractivity contribution is 9.10. The van der Waals surface area contributed by atoms with Crippen LogP contribution in [0.25, 0.3) is 0 Å². The Hall–Kier alpha value is -1.29. The number of benzene rings is 1. The van der Waals surface area contributed by atoms with Crippen LogP contribution >= 0.6 is 15.9 Å². The molecule has 1 fully saturated rings. The summed E-state index contributed by atoms with van der Waals surface area (Å²) in [5.74, 6) is 1.66. The van der Waals surface area contributed by atoms with Crippen LogP contribution in [0.3, 0.4) is 0 Å². The van der Waals surface area contributed by atoms with Crippen LogP contribution in [-0.4, -0.2) is 19.1 Å². The predicted molar refractivity (Wildman–Crippen MR) is 115 cm³/mol. The van der Waals surface area contributed by atoms with Gasteiger partial charge in [-0.05, 0) is 77.9 Å². The molecule has 0 spiro atoms. The van der Waals surface area contributed by atoms with Crippen LogP contribution in [0, 0.1) is 22.7 Å². The van der Waals surface area contributed by atoms with Crippen molar-refractivity contribution in [3.8, 4) is 0 Å². The van der Waals surface area contributed by atoms with Crippen molar-refractivity contribution in [1.29, 1.82) is 0 Å². The van der Waals surface area contributed by atoms with Gasteiger partial charge in [0.15, 0.2) is 0 Å². The lowest BCUT2D eigenvalue weighted by Crippen LogP contribution is -2.53. The van der Waals surface area contributed by atoms with Crippen molar-refractivity contribution >= 4 is 27.6 Å². The summed E-state index contributed by atoms with van der Waals surface area (Å²) in [7, 11) is 1.54. The van der Waals surface area contributed by atoms with Crippen molar-refractivity contribution in [2.75, 3.05) is 12.4 Å². The number of fused-ring (bicyclic) bond motifs is 4. The fourth-order valence-electron chi connectivity index (χ4n) is 7.04. The molecule has 1 N–H and O–H groups in total. The lowest BCUT2D eigenvalue weighted by molar-refractivity contribution is -0.151. The number of ether oxygens (including phenoxy) is 1. The minimum absolute atomic E-state index is 0.0436. The van der Waals surface area contributed by atoms with Gasteiger partial charge >= 0.3 is 5.97 Å². The first-order valence-electron chi connectivity index (χ1n) is 10.7. The Labute approximate surface area is 176 Å². The van der Waals surface area contributed by atoms with Crippen molar-refractivity contribution in [2.24, 2.45) is 22.7 Å². The van der Waals surface area contributed by atoms with E-state index >= 15 is 0 Å². The zero-order valence-electron chi connectivity index (χ0n) is 17.3. The molecule has 4 aliphatic rings. The number of rotatable bonds is 1. The van der Waals surface area contributed by atoms with Crippen LogP contribution in [0.2, 0.25) is 0 Å². The molecule has 1 aliphatic heterocycles. The number of hydrogen-bond donors (Lipinski definition) is 1. The van der Waals surface area contributed by atoms with Gasteiger partial charge in [-0.2, -0.15) is 0 Å². The van der Waals surface area contributed by atoms with Gasteiger partial charge in [-0.25, -0.2) is 0 Å². The highest BCUT2D eigenvalue weighted by atomic mass is 79.9. The number of anilines is 1. The molecular weight excluding hydrogens is 414 g/mol. The van der Waals surface area contributed by atoms with E-state index in [2.05, 4.69) is 60.2 Å². The van der Waals surface area contributed by atoms with Crippen LogP contribution in [0.1, 0.15) is 64.4 Å². The number of hydrogen-bond acceptors (Lipinski definition) is 3. The van der Waals surface area contributed by atoms with E-state index in [4.69, 9.17) is 4.74 Å². The Morgan fingerprint density at radius 2 is 2.04 bits per heavy atom. The van der Waals surface area contributed by atoms with E-state index in [1.807, 2.05) is 0 Å². The predicted octanol–water partition coefficient (Wildman–Crippen LogP) is 6.05. The fraction of sp³-hybridized carbons (Fsp3) is 0.625. The summed E-state index contributed by atoms with van der Waals surface area (Å²) >= 11 is 3.76. The Morgan fingerprint density at radius 3 is 2.79 bits per heavy atom. The van der Waals surface area contributed by atoms with E-state index in [-0.39, 0.29) is 11.4 Å².